The lowest BCUT2D eigenvalue weighted by atomic mass is 9.85. The minimum Gasteiger partial charge on any atom is -0.314 e. The Hall–Kier alpha value is -0.300. The van der Waals surface area contributed by atoms with E-state index in [1.165, 1.54) is 38.6 Å². The normalized spacial score (nSPS) is 24.5. The van der Waals surface area contributed by atoms with E-state index in [1.54, 1.807) is 5.57 Å². The zero-order chi connectivity index (χ0) is 10.4. The Morgan fingerprint density at radius 3 is 2.93 bits per heavy atom. The number of rotatable bonds is 5. The lowest BCUT2D eigenvalue weighted by Crippen LogP contribution is -2.34. The number of allylic oxidation sites excluding steroid dienone is 2. The van der Waals surface area contributed by atoms with Crippen LogP contribution in [0.2, 0.25) is 0 Å². The van der Waals surface area contributed by atoms with Gasteiger partial charge in [-0.15, -0.1) is 0 Å². The van der Waals surface area contributed by atoms with Crippen LogP contribution >= 0.6 is 0 Å². The Balaban J connectivity index is 2.21. The predicted octanol–water partition coefficient (Wildman–Crippen LogP) is 3.51. The lowest BCUT2D eigenvalue weighted by Gasteiger charge is -2.27. The minimum atomic E-state index is 0.700. The van der Waals surface area contributed by atoms with Gasteiger partial charge in [-0.2, -0.15) is 0 Å². The van der Waals surface area contributed by atoms with Crippen LogP contribution in [0.3, 0.4) is 0 Å². The second-order valence-corrected chi connectivity index (χ2v) is 4.68. The third-order valence-corrected chi connectivity index (χ3v) is 3.38. The summed E-state index contributed by atoms with van der Waals surface area (Å²) in [5, 5.41) is 3.64. The van der Waals surface area contributed by atoms with E-state index in [2.05, 4.69) is 32.2 Å². The van der Waals surface area contributed by atoms with Crippen molar-refractivity contribution in [2.75, 3.05) is 6.54 Å². The maximum absolute atomic E-state index is 3.64. The van der Waals surface area contributed by atoms with Crippen LogP contribution in [-0.2, 0) is 0 Å². The number of hydrogen-bond donors (Lipinski definition) is 1. The van der Waals surface area contributed by atoms with Crippen LogP contribution in [0, 0.1) is 5.92 Å². The van der Waals surface area contributed by atoms with Crippen LogP contribution in [0.25, 0.3) is 0 Å². The fourth-order valence-corrected chi connectivity index (χ4v) is 2.11. The molecule has 0 saturated carbocycles. The van der Waals surface area contributed by atoms with Crippen molar-refractivity contribution < 1.29 is 0 Å². The highest BCUT2D eigenvalue weighted by Gasteiger charge is 2.18. The molecule has 1 aliphatic carbocycles. The van der Waals surface area contributed by atoms with Gasteiger partial charge in [0.2, 0.25) is 0 Å². The number of nitrogens with one attached hydrogen (secondary N) is 1. The first-order valence-electron chi connectivity index (χ1n) is 6.13. The molecule has 0 aromatic carbocycles. The average Bonchev–Trinajstić information content (AvgIpc) is 2.19. The number of hydrogen-bond acceptors (Lipinski definition) is 1. The predicted molar refractivity (Wildman–Crippen MR) is 63.5 cm³/mol. The Bertz CT molecular complexity index is 184. The van der Waals surface area contributed by atoms with E-state index in [-0.39, 0.29) is 0 Å². The van der Waals surface area contributed by atoms with Gasteiger partial charge in [0.05, 0.1) is 0 Å². The van der Waals surface area contributed by atoms with Crippen molar-refractivity contribution in [2.24, 2.45) is 5.92 Å². The van der Waals surface area contributed by atoms with Crippen molar-refractivity contribution in [3.05, 3.63) is 11.6 Å². The zero-order valence-corrected chi connectivity index (χ0v) is 9.97. The highest BCUT2D eigenvalue weighted by Crippen LogP contribution is 2.25. The van der Waals surface area contributed by atoms with Crippen molar-refractivity contribution in [1.82, 2.24) is 5.32 Å². The molecule has 0 aliphatic heterocycles. The topological polar surface area (TPSA) is 12.0 Å². The first-order chi connectivity index (χ1) is 6.74. The van der Waals surface area contributed by atoms with Crippen molar-refractivity contribution in [3.8, 4) is 0 Å². The fourth-order valence-electron chi connectivity index (χ4n) is 2.11. The Kier molecular flexibility index (Phi) is 5.24. The molecule has 1 heteroatoms. The van der Waals surface area contributed by atoms with E-state index < -0.39 is 0 Å². The second-order valence-electron chi connectivity index (χ2n) is 4.68. The number of unbranched alkanes of at least 4 members (excludes halogenated alkanes) is 1. The third-order valence-electron chi connectivity index (χ3n) is 3.38. The molecule has 0 aromatic heterocycles. The summed E-state index contributed by atoms with van der Waals surface area (Å²) in [5.74, 6) is 0.871. The van der Waals surface area contributed by atoms with Gasteiger partial charge in [0.25, 0.3) is 0 Å². The van der Waals surface area contributed by atoms with Gasteiger partial charge in [0.15, 0.2) is 0 Å². The summed E-state index contributed by atoms with van der Waals surface area (Å²) in [4.78, 5) is 0. The SMILES string of the molecule is CCCCNC(C)C1CC=C(C)CC1. The second kappa shape index (κ2) is 6.23. The quantitative estimate of drug-likeness (QED) is 0.523. The molecule has 0 fully saturated rings. The molecule has 14 heavy (non-hydrogen) atoms. The maximum atomic E-state index is 3.64. The largest absolute Gasteiger partial charge is 0.314 e. The first kappa shape index (κ1) is 11.8. The van der Waals surface area contributed by atoms with E-state index in [9.17, 15) is 0 Å². The van der Waals surface area contributed by atoms with E-state index in [0.29, 0.717) is 6.04 Å². The van der Waals surface area contributed by atoms with Crippen LogP contribution in [-0.4, -0.2) is 12.6 Å². The molecule has 0 amide bonds. The standard InChI is InChI=1S/C13H25N/c1-4-5-10-14-12(3)13-8-6-11(2)7-9-13/h6,12-14H,4-5,7-10H2,1-3H3. The lowest BCUT2D eigenvalue weighted by molar-refractivity contribution is 0.344. The van der Waals surface area contributed by atoms with Crippen LogP contribution in [0.4, 0.5) is 0 Å². The Labute approximate surface area is 89.0 Å². The van der Waals surface area contributed by atoms with Crippen LogP contribution in [0.5, 0.6) is 0 Å². The van der Waals surface area contributed by atoms with Gasteiger partial charge in [0, 0.05) is 6.04 Å². The fraction of sp³-hybridized carbons (Fsp3) is 0.846. The van der Waals surface area contributed by atoms with Crippen molar-refractivity contribution in [3.63, 3.8) is 0 Å². The molecule has 1 rings (SSSR count). The van der Waals surface area contributed by atoms with Gasteiger partial charge in [-0.05, 0) is 52.0 Å². The van der Waals surface area contributed by atoms with E-state index in [4.69, 9.17) is 0 Å². The maximum Gasteiger partial charge on any atom is 0.00700 e. The van der Waals surface area contributed by atoms with E-state index in [1.807, 2.05) is 0 Å². The minimum absolute atomic E-state index is 0.700. The van der Waals surface area contributed by atoms with Crippen LogP contribution in [0.15, 0.2) is 11.6 Å². The summed E-state index contributed by atoms with van der Waals surface area (Å²) in [6.07, 6.45) is 9.00. The summed E-state index contributed by atoms with van der Waals surface area (Å²) < 4.78 is 0. The molecule has 0 radical (unpaired) electrons. The van der Waals surface area contributed by atoms with Gasteiger partial charge in [-0.25, -0.2) is 0 Å². The molecule has 0 heterocycles. The highest BCUT2D eigenvalue weighted by molar-refractivity contribution is 5.04. The van der Waals surface area contributed by atoms with Crippen LogP contribution < -0.4 is 5.32 Å². The first-order valence-corrected chi connectivity index (χ1v) is 6.13. The molecular formula is C13H25N. The van der Waals surface area contributed by atoms with Gasteiger partial charge in [-0.1, -0.05) is 25.0 Å². The van der Waals surface area contributed by atoms with E-state index in [0.717, 1.165) is 5.92 Å². The molecule has 0 spiro atoms. The molecule has 82 valence electrons. The molecule has 1 aliphatic rings. The summed E-state index contributed by atoms with van der Waals surface area (Å²) in [6, 6.07) is 0.700. The molecule has 1 N–H and O–H groups in total. The molecule has 0 bridgehead atoms. The zero-order valence-electron chi connectivity index (χ0n) is 9.97. The molecule has 2 atom stereocenters. The van der Waals surface area contributed by atoms with E-state index >= 15 is 0 Å². The Morgan fingerprint density at radius 2 is 2.36 bits per heavy atom. The van der Waals surface area contributed by atoms with Gasteiger partial charge < -0.3 is 5.32 Å². The van der Waals surface area contributed by atoms with Gasteiger partial charge in [0.1, 0.15) is 0 Å². The highest BCUT2D eigenvalue weighted by atomic mass is 14.9. The summed E-state index contributed by atoms with van der Waals surface area (Å²) in [7, 11) is 0. The van der Waals surface area contributed by atoms with Crippen molar-refractivity contribution in [1.29, 1.82) is 0 Å². The molecule has 0 saturated heterocycles. The Morgan fingerprint density at radius 1 is 1.57 bits per heavy atom. The average molecular weight is 195 g/mol. The monoisotopic (exact) mass is 195 g/mol. The van der Waals surface area contributed by atoms with Crippen molar-refractivity contribution >= 4 is 0 Å². The molecule has 2 unspecified atom stereocenters. The van der Waals surface area contributed by atoms with Crippen molar-refractivity contribution in [2.45, 2.75) is 58.9 Å². The smallest absolute Gasteiger partial charge is 0.00700 e. The molecule has 1 nitrogen and oxygen atoms in total. The summed E-state index contributed by atoms with van der Waals surface area (Å²) >= 11 is 0. The van der Waals surface area contributed by atoms with Gasteiger partial charge in [-0.3, -0.25) is 0 Å². The summed E-state index contributed by atoms with van der Waals surface area (Å²) in [5.41, 5.74) is 1.59. The molecule has 0 aromatic rings. The summed E-state index contributed by atoms with van der Waals surface area (Å²) in [6.45, 7) is 8.04. The van der Waals surface area contributed by atoms with Crippen LogP contribution in [0.1, 0.15) is 52.9 Å². The third kappa shape index (κ3) is 3.83. The molecular weight excluding hydrogens is 170 g/mol. The van der Waals surface area contributed by atoms with Gasteiger partial charge >= 0.3 is 0 Å².